The summed E-state index contributed by atoms with van der Waals surface area (Å²) in [5.41, 5.74) is 2.37. The van der Waals surface area contributed by atoms with Gasteiger partial charge in [-0.25, -0.2) is 0 Å². The molecule has 2 N–H and O–H groups in total. The molecule has 6 nitrogen and oxygen atoms in total. The lowest BCUT2D eigenvalue weighted by atomic mass is 9.97. The first-order valence-electron chi connectivity index (χ1n) is 10.7. The molecule has 0 saturated carbocycles. The van der Waals surface area contributed by atoms with Crippen molar-refractivity contribution in [2.75, 3.05) is 38.2 Å². The van der Waals surface area contributed by atoms with Gasteiger partial charge >= 0.3 is 11.8 Å². The van der Waals surface area contributed by atoms with Gasteiger partial charge in [0.1, 0.15) is 0 Å². The number of ether oxygens (including phenoxy) is 1. The van der Waals surface area contributed by atoms with E-state index in [1.165, 1.54) is 0 Å². The van der Waals surface area contributed by atoms with E-state index in [1.807, 2.05) is 18.2 Å². The van der Waals surface area contributed by atoms with Gasteiger partial charge in [0.2, 0.25) is 0 Å². The van der Waals surface area contributed by atoms with E-state index in [4.69, 9.17) is 16.3 Å². The lowest BCUT2D eigenvalue weighted by Gasteiger charge is -2.35. The minimum Gasteiger partial charge on any atom is -0.379 e. The number of hydrogen-bond acceptors (Lipinski definition) is 4. The van der Waals surface area contributed by atoms with Crippen molar-refractivity contribution in [3.05, 3.63) is 76.8 Å². The number of amides is 2. The van der Waals surface area contributed by atoms with E-state index >= 15 is 0 Å². The molecule has 166 valence electrons. The second kappa shape index (κ2) is 10.1. The van der Waals surface area contributed by atoms with Crippen LogP contribution in [0.3, 0.4) is 0 Å². The van der Waals surface area contributed by atoms with Crippen LogP contribution in [0.1, 0.15) is 17.2 Å². The third kappa shape index (κ3) is 4.93. The summed E-state index contributed by atoms with van der Waals surface area (Å²) in [5.74, 6) is -1.39. The molecule has 0 spiro atoms. The van der Waals surface area contributed by atoms with Crippen LogP contribution in [-0.2, 0) is 14.3 Å². The average molecular weight is 452 g/mol. The number of halogens is 1. The Bertz CT molecular complexity index is 1120. The molecular formula is C25H26ClN3O3. The van der Waals surface area contributed by atoms with Gasteiger partial charge in [-0.3, -0.25) is 14.5 Å². The lowest BCUT2D eigenvalue weighted by molar-refractivity contribution is -0.136. The molecule has 0 aliphatic carbocycles. The fourth-order valence-corrected chi connectivity index (χ4v) is 4.23. The molecule has 2 amide bonds. The lowest BCUT2D eigenvalue weighted by Crippen LogP contribution is -2.45. The molecule has 1 fully saturated rings. The van der Waals surface area contributed by atoms with E-state index in [9.17, 15) is 9.59 Å². The molecule has 3 aromatic carbocycles. The predicted octanol–water partition coefficient (Wildman–Crippen LogP) is 3.93. The first-order valence-corrected chi connectivity index (χ1v) is 11.1. The first-order chi connectivity index (χ1) is 15.5. The summed E-state index contributed by atoms with van der Waals surface area (Å²) in [6.45, 7) is 4.92. The molecule has 4 rings (SSSR count). The van der Waals surface area contributed by atoms with Gasteiger partial charge in [-0.15, -0.1) is 0 Å². The van der Waals surface area contributed by atoms with Gasteiger partial charge in [0, 0.05) is 30.3 Å². The maximum atomic E-state index is 12.6. The maximum Gasteiger partial charge on any atom is 0.313 e. The monoisotopic (exact) mass is 451 g/mol. The Morgan fingerprint density at radius 3 is 2.53 bits per heavy atom. The second-order valence-electron chi connectivity index (χ2n) is 7.81. The number of hydrogen-bond donors (Lipinski definition) is 2. The van der Waals surface area contributed by atoms with Crippen molar-refractivity contribution in [1.29, 1.82) is 0 Å². The summed E-state index contributed by atoms with van der Waals surface area (Å²) in [5, 5.41) is 8.30. The number of nitrogens with one attached hydrogen (secondary N) is 2. The molecular weight excluding hydrogens is 426 g/mol. The molecule has 0 bridgehead atoms. The van der Waals surface area contributed by atoms with E-state index in [-0.39, 0.29) is 6.04 Å². The van der Waals surface area contributed by atoms with Gasteiger partial charge < -0.3 is 15.4 Å². The van der Waals surface area contributed by atoms with Crippen LogP contribution >= 0.6 is 11.6 Å². The zero-order valence-electron chi connectivity index (χ0n) is 17.9. The van der Waals surface area contributed by atoms with E-state index < -0.39 is 11.8 Å². The molecule has 3 aromatic rings. The summed E-state index contributed by atoms with van der Waals surface area (Å²) in [6, 6.07) is 19.5. The number of nitrogens with zero attached hydrogens (tertiary/aromatic N) is 1. The minimum absolute atomic E-state index is 0.0744. The third-order valence-corrected chi connectivity index (χ3v) is 6.26. The Labute approximate surface area is 192 Å². The van der Waals surface area contributed by atoms with Crippen LogP contribution in [0.2, 0.25) is 5.02 Å². The number of fused-ring (bicyclic) bond motifs is 1. The van der Waals surface area contributed by atoms with Crippen LogP contribution in [0, 0.1) is 6.92 Å². The second-order valence-corrected chi connectivity index (χ2v) is 8.22. The Morgan fingerprint density at radius 1 is 1.00 bits per heavy atom. The standard InChI is InChI=1S/C25H26ClN3O3/c1-17-21(26)10-5-11-22(17)28-25(31)24(30)27-16-23(29-12-14-32-15-13-29)20-9-4-7-18-6-2-3-8-19(18)20/h2-11,23H,12-16H2,1H3,(H,27,30)(H,28,31). The van der Waals surface area contributed by atoms with Crippen LogP contribution in [0.15, 0.2) is 60.7 Å². The van der Waals surface area contributed by atoms with Crippen molar-refractivity contribution in [2.24, 2.45) is 0 Å². The SMILES string of the molecule is Cc1c(Cl)cccc1NC(=O)C(=O)NCC(c1cccc2ccccc12)N1CCOCC1. The van der Waals surface area contributed by atoms with Crippen molar-refractivity contribution in [3.63, 3.8) is 0 Å². The van der Waals surface area contributed by atoms with Crippen LogP contribution in [0.25, 0.3) is 10.8 Å². The van der Waals surface area contributed by atoms with Crippen molar-refractivity contribution in [1.82, 2.24) is 10.2 Å². The Morgan fingerprint density at radius 2 is 1.72 bits per heavy atom. The zero-order chi connectivity index (χ0) is 22.5. The highest BCUT2D eigenvalue weighted by molar-refractivity contribution is 6.40. The maximum absolute atomic E-state index is 12.6. The van der Waals surface area contributed by atoms with Crippen LogP contribution in [0.5, 0.6) is 0 Å². The predicted molar refractivity (Wildman–Crippen MR) is 127 cm³/mol. The largest absolute Gasteiger partial charge is 0.379 e. The summed E-state index contributed by atoms with van der Waals surface area (Å²) in [4.78, 5) is 27.4. The Hall–Kier alpha value is -2.93. The number of rotatable bonds is 5. The summed E-state index contributed by atoms with van der Waals surface area (Å²) in [7, 11) is 0. The zero-order valence-corrected chi connectivity index (χ0v) is 18.7. The van der Waals surface area contributed by atoms with E-state index in [1.54, 1.807) is 25.1 Å². The number of anilines is 1. The van der Waals surface area contributed by atoms with E-state index in [0.29, 0.717) is 30.5 Å². The molecule has 32 heavy (non-hydrogen) atoms. The van der Waals surface area contributed by atoms with Gasteiger partial charge in [0.25, 0.3) is 0 Å². The molecule has 0 aromatic heterocycles. The quantitative estimate of drug-likeness (QED) is 0.576. The number of morpholine rings is 1. The highest BCUT2D eigenvalue weighted by Crippen LogP contribution is 2.29. The molecule has 1 atom stereocenters. The molecule has 1 aliphatic rings. The Balaban J connectivity index is 1.52. The number of carbonyl (C=O) groups is 2. The van der Waals surface area contributed by atoms with Crippen LogP contribution < -0.4 is 10.6 Å². The fraction of sp³-hybridized carbons (Fsp3) is 0.280. The average Bonchev–Trinajstić information content (AvgIpc) is 2.82. The van der Waals surface area contributed by atoms with Crippen molar-refractivity contribution in [2.45, 2.75) is 13.0 Å². The normalized spacial score (nSPS) is 15.3. The van der Waals surface area contributed by atoms with Crippen molar-refractivity contribution >= 4 is 39.9 Å². The molecule has 0 radical (unpaired) electrons. The molecule has 1 heterocycles. The topological polar surface area (TPSA) is 70.7 Å². The van der Waals surface area contributed by atoms with Crippen LogP contribution in [-0.4, -0.2) is 49.6 Å². The summed E-state index contributed by atoms with van der Waals surface area (Å²) < 4.78 is 5.52. The van der Waals surface area contributed by atoms with E-state index in [0.717, 1.165) is 35.0 Å². The fourth-order valence-electron chi connectivity index (χ4n) is 4.06. The first kappa shape index (κ1) is 22.3. The van der Waals surface area contributed by atoms with Crippen molar-refractivity contribution < 1.29 is 14.3 Å². The summed E-state index contributed by atoms with van der Waals surface area (Å²) in [6.07, 6.45) is 0. The van der Waals surface area contributed by atoms with Crippen LogP contribution in [0.4, 0.5) is 5.69 Å². The van der Waals surface area contributed by atoms with Gasteiger partial charge in [0.15, 0.2) is 0 Å². The van der Waals surface area contributed by atoms with Gasteiger partial charge in [-0.2, -0.15) is 0 Å². The van der Waals surface area contributed by atoms with Gasteiger partial charge in [-0.1, -0.05) is 60.1 Å². The van der Waals surface area contributed by atoms with Gasteiger partial charge in [-0.05, 0) is 41.0 Å². The van der Waals surface area contributed by atoms with E-state index in [2.05, 4.69) is 39.8 Å². The Kier molecular flexibility index (Phi) is 7.05. The molecule has 7 heteroatoms. The molecule has 1 unspecified atom stereocenters. The summed E-state index contributed by atoms with van der Waals surface area (Å²) >= 11 is 6.11. The highest BCUT2D eigenvalue weighted by Gasteiger charge is 2.26. The van der Waals surface area contributed by atoms with Crippen molar-refractivity contribution in [3.8, 4) is 0 Å². The minimum atomic E-state index is -0.714. The smallest absolute Gasteiger partial charge is 0.313 e. The third-order valence-electron chi connectivity index (χ3n) is 5.85. The molecule has 1 saturated heterocycles. The molecule has 1 aliphatic heterocycles. The highest BCUT2D eigenvalue weighted by atomic mass is 35.5. The number of carbonyl (C=O) groups excluding carboxylic acids is 2. The van der Waals surface area contributed by atoms with Gasteiger partial charge in [0.05, 0.1) is 19.3 Å². The number of benzene rings is 3.